The van der Waals surface area contributed by atoms with Crippen LogP contribution in [-0.4, -0.2) is 29.8 Å². The highest BCUT2D eigenvalue weighted by Gasteiger charge is 2.08. The summed E-state index contributed by atoms with van der Waals surface area (Å²) in [6.07, 6.45) is 1.23. The van der Waals surface area contributed by atoms with E-state index in [-0.39, 0.29) is 12.2 Å². The van der Waals surface area contributed by atoms with Gasteiger partial charge in [-0.05, 0) is 13.8 Å². The lowest BCUT2D eigenvalue weighted by Crippen LogP contribution is -2.16. The van der Waals surface area contributed by atoms with E-state index in [0.29, 0.717) is 0 Å². The lowest BCUT2D eigenvalue weighted by Gasteiger charge is -2.06. The minimum atomic E-state index is -0.725. The minimum absolute atomic E-state index is 0.0978. The molecule has 0 spiro atoms. The SMILES string of the molecule is C=CC(=O)OC=C(C)C(=O)OCC(C)O. The predicted octanol–water partition coefficient (Wildman–Crippen LogP) is 0.543. The average Bonchev–Trinajstić information content (AvgIpc) is 2.21. The van der Waals surface area contributed by atoms with Crippen molar-refractivity contribution in [3.8, 4) is 0 Å². The Morgan fingerprint density at radius 2 is 2.13 bits per heavy atom. The van der Waals surface area contributed by atoms with Gasteiger partial charge in [-0.25, -0.2) is 9.59 Å². The van der Waals surface area contributed by atoms with Gasteiger partial charge in [0, 0.05) is 6.08 Å². The first-order valence-electron chi connectivity index (χ1n) is 4.32. The summed E-state index contributed by atoms with van der Waals surface area (Å²) in [5.74, 6) is -1.30. The highest BCUT2D eigenvalue weighted by Crippen LogP contribution is 1.98. The molecule has 0 rings (SSSR count). The molecule has 0 radical (unpaired) electrons. The van der Waals surface area contributed by atoms with Gasteiger partial charge in [-0.3, -0.25) is 0 Å². The van der Waals surface area contributed by atoms with Gasteiger partial charge in [-0.2, -0.15) is 0 Å². The van der Waals surface area contributed by atoms with Crippen molar-refractivity contribution in [2.24, 2.45) is 0 Å². The first kappa shape index (κ1) is 13.4. The summed E-state index contributed by atoms with van der Waals surface area (Å²) >= 11 is 0. The molecular weight excluding hydrogens is 200 g/mol. The summed E-state index contributed by atoms with van der Waals surface area (Å²) in [7, 11) is 0. The van der Waals surface area contributed by atoms with E-state index < -0.39 is 18.0 Å². The second kappa shape index (κ2) is 6.78. The summed E-state index contributed by atoms with van der Waals surface area (Å²) in [6, 6.07) is 0. The molecule has 15 heavy (non-hydrogen) atoms. The van der Waals surface area contributed by atoms with E-state index in [2.05, 4.69) is 16.1 Å². The van der Waals surface area contributed by atoms with Crippen molar-refractivity contribution in [1.29, 1.82) is 0 Å². The third-order valence-electron chi connectivity index (χ3n) is 1.30. The van der Waals surface area contributed by atoms with Crippen LogP contribution in [-0.2, 0) is 19.1 Å². The molecule has 0 aromatic rings. The number of aliphatic hydroxyl groups is 1. The summed E-state index contributed by atoms with van der Waals surface area (Å²) < 4.78 is 9.16. The molecule has 0 aliphatic rings. The van der Waals surface area contributed by atoms with E-state index in [1.54, 1.807) is 0 Å². The fourth-order valence-electron chi connectivity index (χ4n) is 0.553. The summed E-state index contributed by atoms with van der Waals surface area (Å²) in [5, 5.41) is 8.84. The number of carbonyl (C=O) groups is 2. The zero-order valence-corrected chi connectivity index (χ0v) is 8.73. The average molecular weight is 214 g/mol. The van der Waals surface area contributed by atoms with Gasteiger partial charge < -0.3 is 14.6 Å². The highest BCUT2D eigenvalue weighted by molar-refractivity contribution is 5.88. The van der Waals surface area contributed by atoms with E-state index in [0.717, 1.165) is 12.3 Å². The van der Waals surface area contributed by atoms with Crippen LogP contribution in [0.1, 0.15) is 13.8 Å². The molecule has 0 fully saturated rings. The Morgan fingerprint density at radius 3 is 2.60 bits per heavy atom. The largest absolute Gasteiger partial charge is 0.460 e. The Labute approximate surface area is 88.0 Å². The van der Waals surface area contributed by atoms with Crippen LogP contribution in [0.3, 0.4) is 0 Å². The van der Waals surface area contributed by atoms with E-state index in [9.17, 15) is 9.59 Å². The Balaban J connectivity index is 4.07. The molecule has 0 aliphatic heterocycles. The van der Waals surface area contributed by atoms with Gasteiger partial charge in [0.25, 0.3) is 0 Å². The fraction of sp³-hybridized carbons (Fsp3) is 0.400. The monoisotopic (exact) mass is 214 g/mol. The van der Waals surface area contributed by atoms with Gasteiger partial charge in [0.1, 0.15) is 12.9 Å². The first-order valence-corrected chi connectivity index (χ1v) is 4.32. The highest BCUT2D eigenvalue weighted by atomic mass is 16.5. The Bertz CT molecular complexity index is 278. The van der Waals surface area contributed by atoms with Crippen LogP contribution < -0.4 is 0 Å². The predicted molar refractivity (Wildman–Crippen MR) is 52.7 cm³/mol. The van der Waals surface area contributed by atoms with Crippen LogP contribution >= 0.6 is 0 Å². The number of esters is 2. The third-order valence-corrected chi connectivity index (χ3v) is 1.30. The summed E-state index contributed by atoms with van der Waals surface area (Å²) in [6.45, 7) is 6.01. The number of ether oxygens (including phenoxy) is 2. The first-order chi connectivity index (χ1) is 6.97. The van der Waals surface area contributed by atoms with Crippen LogP contribution in [0.15, 0.2) is 24.5 Å². The van der Waals surface area contributed by atoms with Gasteiger partial charge in [-0.1, -0.05) is 6.58 Å². The summed E-state index contributed by atoms with van der Waals surface area (Å²) in [5.41, 5.74) is 0.130. The molecule has 0 aromatic heterocycles. The molecule has 0 bridgehead atoms. The molecular formula is C10H14O5. The fourth-order valence-corrected chi connectivity index (χ4v) is 0.553. The third kappa shape index (κ3) is 6.45. The number of rotatable bonds is 5. The molecule has 5 nitrogen and oxygen atoms in total. The van der Waals surface area contributed by atoms with Gasteiger partial charge in [-0.15, -0.1) is 0 Å². The number of aliphatic hydroxyl groups excluding tert-OH is 1. The quantitative estimate of drug-likeness (QED) is 0.411. The van der Waals surface area contributed by atoms with Gasteiger partial charge in [0.2, 0.25) is 0 Å². The van der Waals surface area contributed by atoms with Crippen molar-refractivity contribution in [3.63, 3.8) is 0 Å². The normalized spacial score (nSPS) is 12.9. The van der Waals surface area contributed by atoms with Crippen molar-refractivity contribution in [2.45, 2.75) is 20.0 Å². The number of carbonyl (C=O) groups excluding carboxylic acids is 2. The zero-order chi connectivity index (χ0) is 11.8. The van der Waals surface area contributed by atoms with Crippen LogP contribution in [0.4, 0.5) is 0 Å². The molecule has 0 saturated heterocycles. The van der Waals surface area contributed by atoms with Crippen molar-refractivity contribution in [3.05, 3.63) is 24.5 Å². The second-order valence-electron chi connectivity index (χ2n) is 2.89. The molecule has 1 unspecified atom stereocenters. The van der Waals surface area contributed by atoms with E-state index in [1.165, 1.54) is 13.8 Å². The smallest absolute Gasteiger partial charge is 0.336 e. The van der Waals surface area contributed by atoms with Crippen molar-refractivity contribution >= 4 is 11.9 Å². The van der Waals surface area contributed by atoms with Crippen LogP contribution in [0, 0.1) is 0 Å². The molecule has 0 saturated carbocycles. The van der Waals surface area contributed by atoms with Gasteiger partial charge in [0.05, 0.1) is 11.7 Å². The van der Waals surface area contributed by atoms with Crippen molar-refractivity contribution in [2.75, 3.05) is 6.61 Å². The van der Waals surface area contributed by atoms with Crippen LogP contribution in [0.25, 0.3) is 0 Å². The Morgan fingerprint density at radius 1 is 1.53 bits per heavy atom. The molecule has 1 atom stereocenters. The molecule has 1 N–H and O–H groups in total. The molecule has 5 heteroatoms. The molecule has 0 aliphatic carbocycles. The van der Waals surface area contributed by atoms with E-state index in [4.69, 9.17) is 5.11 Å². The lowest BCUT2D eigenvalue weighted by molar-refractivity contribution is -0.141. The van der Waals surface area contributed by atoms with Crippen LogP contribution in [0.5, 0.6) is 0 Å². The number of hydrogen-bond acceptors (Lipinski definition) is 5. The van der Waals surface area contributed by atoms with Gasteiger partial charge >= 0.3 is 11.9 Å². The molecule has 0 aromatic carbocycles. The van der Waals surface area contributed by atoms with Gasteiger partial charge in [0.15, 0.2) is 0 Å². The topological polar surface area (TPSA) is 72.8 Å². The second-order valence-corrected chi connectivity index (χ2v) is 2.89. The standard InChI is InChI=1S/C10H14O5/c1-4-9(12)14-5-7(2)10(13)15-6-8(3)11/h4-5,8,11H,1,6H2,2-3H3. The maximum atomic E-state index is 11.1. The zero-order valence-electron chi connectivity index (χ0n) is 8.73. The maximum absolute atomic E-state index is 11.1. The molecule has 0 amide bonds. The molecule has 84 valence electrons. The number of hydrogen-bond donors (Lipinski definition) is 1. The Hall–Kier alpha value is -1.62. The maximum Gasteiger partial charge on any atom is 0.336 e. The summed E-state index contributed by atoms with van der Waals surface area (Å²) in [4.78, 5) is 21.8. The molecule has 0 heterocycles. The van der Waals surface area contributed by atoms with Crippen molar-refractivity contribution < 1.29 is 24.2 Å². The van der Waals surface area contributed by atoms with Crippen molar-refractivity contribution in [1.82, 2.24) is 0 Å². The van der Waals surface area contributed by atoms with Crippen LogP contribution in [0.2, 0.25) is 0 Å². The van der Waals surface area contributed by atoms with E-state index >= 15 is 0 Å². The van der Waals surface area contributed by atoms with E-state index in [1.807, 2.05) is 0 Å². The minimum Gasteiger partial charge on any atom is -0.460 e. The Kier molecular flexibility index (Phi) is 6.05. The lowest BCUT2D eigenvalue weighted by atomic mass is 10.3.